The van der Waals surface area contributed by atoms with Gasteiger partial charge in [-0.3, -0.25) is 0 Å². The summed E-state index contributed by atoms with van der Waals surface area (Å²) in [6.07, 6.45) is 1.56. The third-order valence-electron chi connectivity index (χ3n) is 3.07. The van der Waals surface area contributed by atoms with Crippen LogP contribution >= 0.6 is 11.6 Å². The van der Waals surface area contributed by atoms with Gasteiger partial charge in [-0.2, -0.15) is 0 Å². The van der Waals surface area contributed by atoms with Gasteiger partial charge in [0, 0.05) is 13.6 Å². The molecule has 92 valence electrons. The molecule has 18 heavy (non-hydrogen) atoms. The van der Waals surface area contributed by atoms with E-state index in [1.54, 1.807) is 6.26 Å². The van der Waals surface area contributed by atoms with Gasteiger partial charge in [-0.15, -0.1) is 0 Å². The van der Waals surface area contributed by atoms with Crippen LogP contribution in [0.25, 0.3) is 22.4 Å². The molecule has 0 radical (unpaired) electrons. The number of nitrogens with zero attached hydrogens (tertiary/aromatic N) is 2. The summed E-state index contributed by atoms with van der Waals surface area (Å²) in [5.41, 5.74) is 9.49. The topological polar surface area (TPSA) is 57.0 Å². The molecule has 0 amide bonds. The molecule has 1 aromatic carbocycles. The molecule has 5 heteroatoms. The zero-order valence-electron chi connectivity index (χ0n) is 9.85. The van der Waals surface area contributed by atoms with Gasteiger partial charge in [0.05, 0.1) is 22.9 Å². The fraction of sp³-hybridized carbons (Fsp3) is 0.154. The summed E-state index contributed by atoms with van der Waals surface area (Å²) >= 11 is 6.00. The van der Waals surface area contributed by atoms with Gasteiger partial charge in [-0.05, 0) is 29.3 Å². The minimum atomic E-state index is 0.350. The number of benzene rings is 1. The maximum atomic E-state index is 6.00. The lowest BCUT2D eigenvalue weighted by Gasteiger charge is -2.00. The van der Waals surface area contributed by atoms with E-state index >= 15 is 0 Å². The minimum absolute atomic E-state index is 0.350. The highest BCUT2D eigenvalue weighted by Crippen LogP contribution is 2.31. The van der Waals surface area contributed by atoms with Gasteiger partial charge >= 0.3 is 0 Å². The second-order valence-electron chi connectivity index (χ2n) is 4.09. The summed E-state index contributed by atoms with van der Waals surface area (Å²) in [4.78, 5) is 4.62. The fourth-order valence-corrected chi connectivity index (χ4v) is 2.33. The van der Waals surface area contributed by atoms with Crippen molar-refractivity contribution in [2.75, 3.05) is 0 Å². The van der Waals surface area contributed by atoms with Gasteiger partial charge in [0.25, 0.3) is 0 Å². The maximum absolute atomic E-state index is 6.00. The maximum Gasteiger partial charge on any atom is 0.203 e. The smallest absolute Gasteiger partial charge is 0.203 e. The van der Waals surface area contributed by atoms with Gasteiger partial charge in [0.2, 0.25) is 5.22 Å². The largest absolute Gasteiger partial charge is 0.452 e. The zero-order chi connectivity index (χ0) is 12.7. The van der Waals surface area contributed by atoms with E-state index in [9.17, 15) is 0 Å². The zero-order valence-corrected chi connectivity index (χ0v) is 10.6. The normalized spacial score (nSPS) is 11.3. The van der Waals surface area contributed by atoms with Crippen LogP contribution in [-0.4, -0.2) is 9.55 Å². The van der Waals surface area contributed by atoms with Crippen molar-refractivity contribution in [1.29, 1.82) is 0 Å². The first-order valence-corrected chi connectivity index (χ1v) is 5.98. The molecule has 3 aromatic rings. The summed E-state index contributed by atoms with van der Waals surface area (Å²) in [6, 6.07) is 7.79. The number of fused-ring (bicyclic) bond motifs is 1. The second-order valence-corrected chi connectivity index (χ2v) is 4.43. The van der Waals surface area contributed by atoms with E-state index < -0.39 is 0 Å². The Labute approximate surface area is 109 Å². The lowest BCUT2D eigenvalue weighted by Crippen LogP contribution is -1.97. The van der Waals surface area contributed by atoms with E-state index in [0.29, 0.717) is 11.8 Å². The highest BCUT2D eigenvalue weighted by Gasteiger charge is 2.15. The first-order valence-electron chi connectivity index (χ1n) is 5.60. The summed E-state index contributed by atoms with van der Waals surface area (Å²) in [5, 5.41) is 0.350. The van der Waals surface area contributed by atoms with Gasteiger partial charge in [-0.25, -0.2) is 4.98 Å². The van der Waals surface area contributed by atoms with E-state index in [1.165, 1.54) is 0 Å². The Morgan fingerprint density at radius 2 is 2.22 bits per heavy atom. The molecule has 0 saturated heterocycles. The van der Waals surface area contributed by atoms with Crippen molar-refractivity contribution in [2.24, 2.45) is 12.8 Å². The Morgan fingerprint density at radius 3 is 2.89 bits per heavy atom. The van der Waals surface area contributed by atoms with Crippen molar-refractivity contribution in [3.05, 3.63) is 41.3 Å². The Balaban J connectivity index is 2.32. The first kappa shape index (κ1) is 11.3. The van der Waals surface area contributed by atoms with Crippen molar-refractivity contribution in [2.45, 2.75) is 6.54 Å². The molecule has 0 aliphatic rings. The molecule has 0 bridgehead atoms. The Morgan fingerprint density at radius 1 is 1.39 bits per heavy atom. The lowest BCUT2D eigenvalue weighted by molar-refractivity contribution is 0.570. The standard InChI is InChI=1S/C13H12ClN3O/c1-17-10-4-2-3-8(7-15)11(10)16-13(17)9-5-6-18-12(9)14/h2-6H,7,15H2,1H3. The van der Waals surface area contributed by atoms with E-state index in [-0.39, 0.29) is 0 Å². The predicted molar refractivity (Wildman–Crippen MR) is 71.3 cm³/mol. The van der Waals surface area contributed by atoms with Crippen LogP contribution in [0.5, 0.6) is 0 Å². The molecular weight excluding hydrogens is 250 g/mol. The summed E-state index contributed by atoms with van der Waals surface area (Å²) in [7, 11) is 1.95. The monoisotopic (exact) mass is 261 g/mol. The number of furan rings is 1. The Kier molecular flexibility index (Phi) is 2.61. The molecule has 2 N–H and O–H groups in total. The highest BCUT2D eigenvalue weighted by atomic mass is 35.5. The number of hydrogen-bond donors (Lipinski definition) is 1. The minimum Gasteiger partial charge on any atom is -0.452 e. The molecular formula is C13H12ClN3O. The number of nitrogens with two attached hydrogens (primary N) is 1. The van der Waals surface area contributed by atoms with Crippen molar-refractivity contribution in [3.63, 3.8) is 0 Å². The fourth-order valence-electron chi connectivity index (χ4n) is 2.13. The molecule has 0 spiro atoms. The average molecular weight is 262 g/mol. The van der Waals surface area contributed by atoms with Crippen LogP contribution in [-0.2, 0) is 13.6 Å². The molecule has 2 heterocycles. The van der Waals surface area contributed by atoms with Crippen molar-refractivity contribution < 1.29 is 4.42 Å². The van der Waals surface area contributed by atoms with Crippen LogP contribution < -0.4 is 5.73 Å². The number of imidazole rings is 1. The number of aryl methyl sites for hydroxylation is 1. The molecule has 0 fully saturated rings. The van der Waals surface area contributed by atoms with E-state index in [1.807, 2.05) is 35.9 Å². The lowest BCUT2D eigenvalue weighted by atomic mass is 10.2. The Bertz CT molecular complexity index is 714. The first-order chi connectivity index (χ1) is 8.72. The molecule has 0 aliphatic heterocycles. The van der Waals surface area contributed by atoms with E-state index in [2.05, 4.69) is 4.98 Å². The number of aromatic nitrogens is 2. The van der Waals surface area contributed by atoms with Crippen LogP contribution in [0.4, 0.5) is 0 Å². The molecule has 4 nitrogen and oxygen atoms in total. The quantitative estimate of drug-likeness (QED) is 0.772. The van der Waals surface area contributed by atoms with Crippen molar-refractivity contribution >= 4 is 22.6 Å². The molecule has 0 atom stereocenters. The van der Waals surface area contributed by atoms with Crippen LogP contribution in [0.1, 0.15) is 5.56 Å². The Hall–Kier alpha value is -1.78. The molecule has 2 aromatic heterocycles. The summed E-state index contributed by atoms with van der Waals surface area (Å²) in [6.45, 7) is 0.465. The van der Waals surface area contributed by atoms with Crippen LogP contribution in [0.2, 0.25) is 5.22 Å². The molecule has 0 unspecified atom stereocenters. The number of halogens is 1. The van der Waals surface area contributed by atoms with E-state index in [0.717, 1.165) is 28.0 Å². The van der Waals surface area contributed by atoms with Crippen LogP contribution in [0.3, 0.4) is 0 Å². The second kappa shape index (κ2) is 4.15. The third-order valence-corrected chi connectivity index (χ3v) is 3.37. The molecule has 3 rings (SSSR count). The van der Waals surface area contributed by atoms with Crippen LogP contribution in [0, 0.1) is 0 Å². The van der Waals surface area contributed by atoms with Gasteiger partial charge in [0.15, 0.2) is 0 Å². The highest BCUT2D eigenvalue weighted by molar-refractivity contribution is 6.31. The summed E-state index contributed by atoms with van der Waals surface area (Å²) in [5.74, 6) is 0.782. The SMILES string of the molecule is Cn1c(-c2ccoc2Cl)nc2c(CN)cccc21. The number of rotatable bonds is 2. The van der Waals surface area contributed by atoms with Gasteiger partial charge in [0.1, 0.15) is 5.82 Å². The third kappa shape index (κ3) is 1.54. The van der Waals surface area contributed by atoms with Crippen molar-refractivity contribution in [1.82, 2.24) is 9.55 Å². The molecule has 0 aliphatic carbocycles. The van der Waals surface area contributed by atoms with Gasteiger partial charge < -0.3 is 14.7 Å². The number of hydrogen-bond acceptors (Lipinski definition) is 3. The number of para-hydroxylation sites is 1. The average Bonchev–Trinajstić information content (AvgIpc) is 2.93. The van der Waals surface area contributed by atoms with Crippen LogP contribution in [0.15, 0.2) is 34.9 Å². The van der Waals surface area contributed by atoms with Gasteiger partial charge in [-0.1, -0.05) is 12.1 Å². The van der Waals surface area contributed by atoms with Crippen molar-refractivity contribution in [3.8, 4) is 11.4 Å². The molecule has 0 saturated carbocycles. The predicted octanol–water partition coefficient (Wildman–Crippen LogP) is 2.95. The summed E-state index contributed by atoms with van der Waals surface area (Å²) < 4.78 is 7.11. The van der Waals surface area contributed by atoms with E-state index in [4.69, 9.17) is 21.8 Å².